The highest BCUT2D eigenvalue weighted by atomic mass is 32.1. The highest BCUT2D eigenvalue weighted by Gasteiger charge is 2.21. The third kappa shape index (κ3) is 4.01. The predicted octanol–water partition coefficient (Wildman–Crippen LogP) is 6.51. The summed E-state index contributed by atoms with van der Waals surface area (Å²) in [4.78, 5) is 16.0. The maximum atomic E-state index is 4.71. The van der Waals surface area contributed by atoms with E-state index in [0.29, 0.717) is 5.92 Å². The van der Waals surface area contributed by atoms with Crippen LogP contribution in [0, 0.1) is 5.92 Å². The molecule has 1 saturated heterocycles. The number of aromatic nitrogens is 4. The molecule has 6 heteroatoms. The maximum Gasteiger partial charge on any atom is 0.137 e. The molecule has 5 nitrogen and oxygen atoms in total. The molecule has 0 radical (unpaired) electrons. The number of hydrogen-bond donors (Lipinski definition) is 0. The second kappa shape index (κ2) is 8.93. The van der Waals surface area contributed by atoms with Gasteiger partial charge in [-0.25, -0.2) is 15.0 Å². The summed E-state index contributed by atoms with van der Waals surface area (Å²) in [5.74, 6) is 1.43. The van der Waals surface area contributed by atoms with Gasteiger partial charge in [-0.2, -0.15) is 0 Å². The highest BCUT2D eigenvalue weighted by molar-refractivity contribution is 7.17. The molecule has 5 aromatic rings. The standard InChI is InChI=1S/C28H29N5S/c1-19(2)16-32-10-7-22(8-11-32)20-3-5-21(6-4-20)23-9-12-33-25(14-30-27(33)13-23)24-17-34-26-15-29-18-31-28(24)26/h3-6,9,12-15,17-19,22H,7-8,10-11,16H2,1-2H3. The summed E-state index contributed by atoms with van der Waals surface area (Å²) in [5, 5.41) is 2.14. The third-order valence-corrected chi connectivity index (χ3v) is 7.86. The lowest BCUT2D eigenvalue weighted by molar-refractivity contribution is 0.192. The zero-order chi connectivity index (χ0) is 23.1. The minimum absolute atomic E-state index is 0.680. The molecule has 0 unspecified atom stereocenters. The number of benzene rings is 1. The fourth-order valence-electron chi connectivity index (χ4n) is 5.24. The lowest BCUT2D eigenvalue weighted by Gasteiger charge is -2.33. The average molecular weight is 468 g/mol. The van der Waals surface area contributed by atoms with Gasteiger partial charge in [-0.05, 0) is 66.6 Å². The second-order valence-corrected chi connectivity index (χ2v) is 10.7. The maximum absolute atomic E-state index is 4.71. The van der Waals surface area contributed by atoms with E-state index in [9.17, 15) is 0 Å². The van der Waals surface area contributed by atoms with Crippen molar-refractivity contribution in [2.75, 3.05) is 19.6 Å². The van der Waals surface area contributed by atoms with Crippen molar-refractivity contribution in [1.82, 2.24) is 24.3 Å². The van der Waals surface area contributed by atoms with Crippen molar-refractivity contribution in [2.45, 2.75) is 32.6 Å². The fourth-order valence-corrected chi connectivity index (χ4v) is 6.11. The van der Waals surface area contributed by atoms with Crippen LogP contribution < -0.4 is 0 Å². The number of rotatable bonds is 5. The second-order valence-electron chi connectivity index (χ2n) is 9.76. The highest BCUT2D eigenvalue weighted by Crippen LogP contribution is 2.34. The van der Waals surface area contributed by atoms with Gasteiger partial charge in [0.1, 0.15) is 12.0 Å². The third-order valence-electron chi connectivity index (χ3n) is 6.95. The van der Waals surface area contributed by atoms with Crippen molar-refractivity contribution in [2.24, 2.45) is 5.92 Å². The Bertz CT molecular complexity index is 1420. The quantitative estimate of drug-likeness (QED) is 0.296. The molecule has 1 aliphatic heterocycles. The van der Waals surface area contributed by atoms with E-state index in [4.69, 9.17) is 4.98 Å². The lowest BCUT2D eigenvalue weighted by Crippen LogP contribution is -2.35. The smallest absolute Gasteiger partial charge is 0.137 e. The summed E-state index contributed by atoms with van der Waals surface area (Å²) in [6, 6.07) is 13.6. The van der Waals surface area contributed by atoms with Gasteiger partial charge in [-0.1, -0.05) is 38.1 Å². The zero-order valence-electron chi connectivity index (χ0n) is 19.7. The fraction of sp³-hybridized carbons (Fsp3) is 0.321. The van der Waals surface area contributed by atoms with Crippen LogP contribution in [0.2, 0.25) is 0 Å². The van der Waals surface area contributed by atoms with Crippen LogP contribution in [0.15, 0.2) is 66.7 Å². The van der Waals surface area contributed by atoms with E-state index in [1.807, 2.05) is 12.4 Å². The minimum atomic E-state index is 0.680. The summed E-state index contributed by atoms with van der Waals surface area (Å²) in [6.45, 7) is 8.28. The molecular weight excluding hydrogens is 438 g/mol. The van der Waals surface area contributed by atoms with Crippen LogP contribution in [0.25, 0.3) is 38.2 Å². The molecular formula is C28H29N5S. The van der Waals surface area contributed by atoms with E-state index in [-0.39, 0.29) is 0 Å². The first-order chi connectivity index (χ1) is 16.7. The first-order valence-corrected chi connectivity index (χ1v) is 13.0. The van der Waals surface area contributed by atoms with E-state index >= 15 is 0 Å². The molecule has 0 amide bonds. The van der Waals surface area contributed by atoms with Gasteiger partial charge in [0.15, 0.2) is 0 Å². The van der Waals surface area contributed by atoms with Gasteiger partial charge >= 0.3 is 0 Å². The Labute approximate surface area is 204 Å². The summed E-state index contributed by atoms with van der Waals surface area (Å²) in [6.07, 6.45) is 10.1. The molecule has 0 saturated carbocycles. The van der Waals surface area contributed by atoms with Crippen LogP contribution in [0.5, 0.6) is 0 Å². The van der Waals surface area contributed by atoms with Gasteiger partial charge in [0.25, 0.3) is 0 Å². The van der Waals surface area contributed by atoms with Crippen molar-refractivity contribution in [3.8, 4) is 22.4 Å². The molecule has 6 rings (SSSR count). The van der Waals surface area contributed by atoms with Crippen LogP contribution in [0.1, 0.15) is 38.2 Å². The van der Waals surface area contributed by atoms with Crippen molar-refractivity contribution in [3.05, 3.63) is 72.3 Å². The van der Waals surface area contributed by atoms with E-state index in [0.717, 1.165) is 33.0 Å². The summed E-state index contributed by atoms with van der Waals surface area (Å²) < 4.78 is 3.24. The molecule has 0 spiro atoms. The minimum Gasteiger partial charge on any atom is -0.303 e. The molecule has 172 valence electrons. The van der Waals surface area contributed by atoms with Crippen LogP contribution in [-0.4, -0.2) is 43.9 Å². The molecule has 1 fully saturated rings. The van der Waals surface area contributed by atoms with Crippen molar-refractivity contribution in [1.29, 1.82) is 0 Å². The Hall–Kier alpha value is -3.09. The zero-order valence-corrected chi connectivity index (χ0v) is 20.5. The number of hydrogen-bond acceptors (Lipinski definition) is 5. The molecule has 34 heavy (non-hydrogen) atoms. The Morgan fingerprint density at radius 2 is 1.82 bits per heavy atom. The Morgan fingerprint density at radius 3 is 2.62 bits per heavy atom. The molecule has 1 aliphatic rings. The Balaban J connectivity index is 1.22. The molecule has 1 aromatic carbocycles. The number of thiophene rings is 1. The first kappa shape index (κ1) is 21.4. The van der Waals surface area contributed by atoms with Gasteiger partial charge < -0.3 is 4.90 Å². The first-order valence-electron chi connectivity index (χ1n) is 12.1. The van der Waals surface area contributed by atoms with Gasteiger partial charge in [-0.3, -0.25) is 4.40 Å². The van der Waals surface area contributed by atoms with Gasteiger partial charge in [0.05, 0.1) is 22.1 Å². The van der Waals surface area contributed by atoms with E-state index in [1.165, 1.54) is 49.2 Å². The van der Waals surface area contributed by atoms with Crippen LogP contribution in [0.4, 0.5) is 0 Å². The average Bonchev–Trinajstić information content (AvgIpc) is 3.48. The summed E-state index contributed by atoms with van der Waals surface area (Å²) >= 11 is 1.67. The molecule has 0 bridgehead atoms. The summed E-state index contributed by atoms with van der Waals surface area (Å²) in [5.41, 5.74) is 8.00. The molecule has 4 aromatic heterocycles. The van der Waals surface area contributed by atoms with Gasteiger partial charge in [-0.15, -0.1) is 11.3 Å². The number of pyridine rings is 1. The van der Waals surface area contributed by atoms with Gasteiger partial charge in [0.2, 0.25) is 0 Å². The van der Waals surface area contributed by atoms with Crippen LogP contribution in [-0.2, 0) is 0 Å². The monoisotopic (exact) mass is 467 g/mol. The van der Waals surface area contributed by atoms with Crippen molar-refractivity contribution in [3.63, 3.8) is 0 Å². The van der Waals surface area contributed by atoms with Crippen LogP contribution >= 0.6 is 11.3 Å². The van der Waals surface area contributed by atoms with Crippen molar-refractivity contribution >= 4 is 27.2 Å². The lowest BCUT2D eigenvalue weighted by atomic mass is 9.88. The number of imidazole rings is 1. The van der Waals surface area contributed by atoms with E-state index in [1.54, 1.807) is 17.7 Å². The topological polar surface area (TPSA) is 46.3 Å². The predicted molar refractivity (Wildman–Crippen MR) is 140 cm³/mol. The molecule has 0 N–H and O–H groups in total. The van der Waals surface area contributed by atoms with E-state index < -0.39 is 0 Å². The normalized spacial score (nSPS) is 15.6. The summed E-state index contributed by atoms with van der Waals surface area (Å²) in [7, 11) is 0. The Kier molecular flexibility index (Phi) is 5.63. The number of nitrogens with zero attached hydrogens (tertiary/aromatic N) is 5. The van der Waals surface area contributed by atoms with Crippen LogP contribution in [0.3, 0.4) is 0 Å². The molecule has 0 aliphatic carbocycles. The van der Waals surface area contributed by atoms with E-state index in [2.05, 4.69) is 81.1 Å². The molecule has 5 heterocycles. The Morgan fingerprint density at radius 1 is 1.00 bits per heavy atom. The number of likely N-dealkylation sites (tertiary alicyclic amines) is 1. The SMILES string of the molecule is CC(C)CN1CCC(c2ccc(-c3ccn4c(-c5csc6cncnc56)cnc4c3)cc2)CC1. The molecule has 0 atom stereocenters. The largest absolute Gasteiger partial charge is 0.303 e. The number of fused-ring (bicyclic) bond motifs is 2. The number of piperidine rings is 1. The van der Waals surface area contributed by atoms with Gasteiger partial charge in [0, 0.05) is 29.9 Å². The van der Waals surface area contributed by atoms with Crippen molar-refractivity contribution < 1.29 is 0 Å².